The molecule has 5 nitrogen and oxygen atoms in total. The van der Waals surface area contributed by atoms with E-state index in [1.165, 1.54) is 0 Å². The minimum atomic E-state index is -0.803. The first-order valence-electron chi connectivity index (χ1n) is 6.33. The van der Waals surface area contributed by atoms with E-state index in [0.29, 0.717) is 13.0 Å². The topological polar surface area (TPSA) is 75.6 Å². The lowest BCUT2D eigenvalue weighted by molar-refractivity contribution is -0.144. The molecule has 0 aromatic heterocycles. The van der Waals surface area contributed by atoms with Gasteiger partial charge in [-0.2, -0.15) is 0 Å². The van der Waals surface area contributed by atoms with Crippen LogP contribution in [0.4, 0.5) is 0 Å². The van der Waals surface area contributed by atoms with Crippen molar-refractivity contribution >= 4 is 11.9 Å². The summed E-state index contributed by atoms with van der Waals surface area (Å²) in [6.07, 6.45) is 4.62. The van der Waals surface area contributed by atoms with E-state index in [9.17, 15) is 9.59 Å². The van der Waals surface area contributed by atoms with Crippen LogP contribution >= 0.6 is 0 Å². The van der Waals surface area contributed by atoms with Gasteiger partial charge in [0.2, 0.25) is 5.91 Å². The van der Waals surface area contributed by atoms with Gasteiger partial charge in [0.1, 0.15) is 6.10 Å². The Morgan fingerprint density at radius 3 is 2.53 bits per heavy atom. The van der Waals surface area contributed by atoms with Gasteiger partial charge in [0.25, 0.3) is 0 Å². The molecule has 0 aromatic rings. The van der Waals surface area contributed by atoms with Gasteiger partial charge in [0.15, 0.2) is 0 Å². The monoisotopic (exact) mass is 241 g/mol. The molecule has 1 aliphatic carbocycles. The molecule has 2 rings (SSSR count). The quantitative estimate of drug-likeness (QED) is 0.770. The summed E-state index contributed by atoms with van der Waals surface area (Å²) in [5, 5.41) is 12.0. The number of carboxylic acid groups (broad SMARTS) is 1. The molecule has 2 N–H and O–H groups in total. The first-order chi connectivity index (χ1) is 8.18. The van der Waals surface area contributed by atoms with E-state index in [0.717, 1.165) is 32.1 Å². The largest absolute Gasteiger partial charge is 0.481 e. The Morgan fingerprint density at radius 1 is 1.12 bits per heavy atom. The normalized spacial score (nSPS) is 33.3. The summed E-state index contributed by atoms with van der Waals surface area (Å²) in [4.78, 5) is 22.9. The third-order valence-corrected chi connectivity index (χ3v) is 3.63. The summed E-state index contributed by atoms with van der Waals surface area (Å²) in [5.41, 5.74) is 0. The van der Waals surface area contributed by atoms with Crippen LogP contribution in [0.25, 0.3) is 0 Å². The average molecular weight is 241 g/mol. The Morgan fingerprint density at radius 2 is 1.88 bits per heavy atom. The van der Waals surface area contributed by atoms with Gasteiger partial charge in [-0.05, 0) is 25.7 Å². The molecule has 0 aromatic carbocycles. The Balaban J connectivity index is 1.90. The van der Waals surface area contributed by atoms with E-state index in [-0.39, 0.29) is 18.1 Å². The summed E-state index contributed by atoms with van der Waals surface area (Å²) in [6.45, 7) is 0.630. The van der Waals surface area contributed by atoms with E-state index < -0.39 is 11.9 Å². The predicted octanol–water partition coefficient (Wildman–Crippen LogP) is 0.925. The Hall–Kier alpha value is -1.10. The highest BCUT2D eigenvalue weighted by molar-refractivity contribution is 5.82. The smallest absolute Gasteiger partial charge is 0.308 e. The molecule has 5 heteroatoms. The van der Waals surface area contributed by atoms with Gasteiger partial charge in [0.05, 0.1) is 5.92 Å². The maximum Gasteiger partial charge on any atom is 0.308 e. The lowest BCUT2D eigenvalue weighted by Gasteiger charge is -2.30. The van der Waals surface area contributed by atoms with E-state index in [2.05, 4.69) is 5.32 Å². The summed E-state index contributed by atoms with van der Waals surface area (Å²) in [5.74, 6) is -1.38. The molecule has 1 aliphatic heterocycles. The molecule has 1 heterocycles. The van der Waals surface area contributed by atoms with Crippen molar-refractivity contribution < 1.29 is 19.4 Å². The van der Waals surface area contributed by atoms with Crippen molar-refractivity contribution in [3.63, 3.8) is 0 Å². The van der Waals surface area contributed by atoms with Crippen molar-refractivity contribution in [1.82, 2.24) is 5.32 Å². The number of carbonyl (C=O) groups excluding carboxylic acids is 1. The summed E-state index contributed by atoms with van der Waals surface area (Å²) in [7, 11) is 0. The molecule has 1 saturated heterocycles. The first kappa shape index (κ1) is 12.4. The summed E-state index contributed by atoms with van der Waals surface area (Å²) in [6, 6.07) is -0.224. The van der Waals surface area contributed by atoms with Gasteiger partial charge in [0, 0.05) is 12.6 Å². The highest BCUT2D eigenvalue weighted by Crippen LogP contribution is 2.25. The second kappa shape index (κ2) is 5.49. The summed E-state index contributed by atoms with van der Waals surface area (Å²) < 4.78 is 5.29. The Labute approximate surface area is 101 Å². The zero-order valence-corrected chi connectivity index (χ0v) is 9.85. The number of nitrogens with one attached hydrogen (secondary N) is 1. The van der Waals surface area contributed by atoms with Gasteiger partial charge in [-0.15, -0.1) is 0 Å². The van der Waals surface area contributed by atoms with Crippen molar-refractivity contribution in [3.8, 4) is 0 Å². The van der Waals surface area contributed by atoms with Crippen molar-refractivity contribution in [1.29, 1.82) is 0 Å². The van der Waals surface area contributed by atoms with Crippen LogP contribution in [0.5, 0.6) is 0 Å². The van der Waals surface area contributed by atoms with Crippen LogP contribution in [-0.2, 0) is 14.3 Å². The highest BCUT2D eigenvalue weighted by atomic mass is 16.5. The second-order valence-corrected chi connectivity index (χ2v) is 4.85. The molecule has 1 saturated carbocycles. The third kappa shape index (κ3) is 2.97. The van der Waals surface area contributed by atoms with Crippen molar-refractivity contribution in [3.05, 3.63) is 0 Å². The Kier molecular flexibility index (Phi) is 3.99. The highest BCUT2D eigenvalue weighted by Gasteiger charge is 2.34. The SMILES string of the molecule is O=C(O)C1CCCCC1NC(=O)[C@@H]1CCCO1. The number of ether oxygens (including phenoxy) is 1. The van der Waals surface area contributed by atoms with Crippen LogP contribution in [-0.4, -0.2) is 35.7 Å². The van der Waals surface area contributed by atoms with Crippen LogP contribution in [0.3, 0.4) is 0 Å². The van der Waals surface area contributed by atoms with E-state index >= 15 is 0 Å². The van der Waals surface area contributed by atoms with Gasteiger partial charge in [-0.3, -0.25) is 9.59 Å². The van der Waals surface area contributed by atoms with Crippen LogP contribution in [0, 0.1) is 5.92 Å². The number of aliphatic carboxylic acids is 1. The zero-order valence-electron chi connectivity index (χ0n) is 9.85. The zero-order chi connectivity index (χ0) is 12.3. The summed E-state index contributed by atoms with van der Waals surface area (Å²) >= 11 is 0. The van der Waals surface area contributed by atoms with Gasteiger partial charge in [-0.1, -0.05) is 12.8 Å². The van der Waals surface area contributed by atoms with Crippen LogP contribution in [0.1, 0.15) is 38.5 Å². The molecule has 2 unspecified atom stereocenters. The Bertz CT molecular complexity index is 299. The van der Waals surface area contributed by atoms with E-state index in [1.54, 1.807) is 0 Å². The van der Waals surface area contributed by atoms with E-state index in [1.807, 2.05) is 0 Å². The van der Waals surface area contributed by atoms with Crippen LogP contribution < -0.4 is 5.32 Å². The standard InChI is InChI=1S/C12H19NO4/c14-11(10-6-3-7-17-10)13-9-5-2-1-4-8(9)12(15)16/h8-10H,1-7H2,(H,13,14)(H,15,16)/t8?,9?,10-/m0/s1. The molecule has 0 spiro atoms. The van der Waals surface area contributed by atoms with Crippen molar-refractivity contribution in [2.75, 3.05) is 6.61 Å². The molecule has 0 radical (unpaired) electrons. The molecule has 3 atom stereocenters. The number of carboxylic acids is 1. The van der Waals surface area contributed by atoms with Crippen molar-refractivity contribution in [2.24, 2.45) is 5.92 Å². The lowest BCUT2D eigenvalue weighted by Crippen LogP contribution is -2.48. The predicted molar refractivity (Wildman–Crippen MR) is 60.5 cm³/mol. The van der Waals surface area contributed by atoms with Gasteiger partial charge >= 0.3 is 5.97 Å². The van der Waals surface area contributed by atoms with Crippen molar-refractivity contribution in [2.45, 2.75) is 50.7 Å². The fourth-order valence-corrected chi connectivity index (χ4v) is 2.66. The number of hydrogen-bond donors (Lipinski definition) is 2. The molecule has 96 valence electrons. The maximum absolute atomic E-state index is 11.9. The molecule has 2 fully saturated rings. The number of amides is 1. The van der Waals surface area contributed by atoms with Gasteiger partial charge < -0.3 is 15.2 Å². The van der Waals surface area contributed by atoms with Crippen LogP contribution in [0.15, 0.2) is 0 Å². The molecular weight excluding hydrogens is 222 g/mol. The number of hydrogen-bond acceptors (Lipinski definition) is 3. The van der Waals surface area contributed by atoms with Gasteiger partial charge in [-0.25, -0.2) is 0 Å². The number of rotatable bonds is 3. The van der Waals surface area contributed by atoms with Crippen LogP contribution in [0.2, 0.25) is 0 Å². The van der Waals surface area contributed by atoms with E-state index in [4.69, 9.17) is 9.84 Å². The average Bonchev–Trinajstić information content (AvgIpc) is 2.83. The first-order valence-corrected chi connectivity index (χ1v) is 6.33. The molecule has 17 heavy (non-hydrogen) atoms. The third-order valence-electron chi connectivity index (χ3n) is 3.63. The minimum absolute atomic E-state index is 0.138. The minimum Gasteiger partial charge on any atom is -0.481 e. The maximum atomic E-state index is 11.9. The second-order valence-electron chi connectivity index (χ2n) is 4.85. The molecular formula is C12H19NO4. The molecule has 1 amide bonds. The number of carbonyl (C=O) groups is 2. The fourth-order valence-electron chi connectivity index (χ4n) is 2.66. The lowest BCUT2D eigenvalue weighted by atomic mass is 9.84. The molecule has 2 aliphatic rings. The fraction of sp³-hybridized carbons (Fsp3) is 0.833. The molecule has 0 bridgehead atoms.